The summed E-state index contributed by atoms with van der Waals surface area (Å²) in [6, 6.07) is 12.8. The second kappa shape index (κ2) is 4.82. The summed E-state index contributed by atoms with van der Waals surface area (Å²) in [5, 5.41) is 9.44. The maximum absolute atomic E-state index is 9.44. The largest absolute Gasteiger partial charge is 0.457 e. The van der Waals surface area contributed by atoms with Gasteiger partial charge in [-0.2, -0.15) is 0 Å². The van der Waals surface area contributed by atoms with E-state index in [0.717, 1.165) is 11.3 Å². The number of hydrogen-bond donors (Lipinski definition) is 1. The van der Waals surface area contributed by atoms with Crippen LogP contribution in [0.5, 0.6) is 23.0 Å². The molecule has 2 aromatic carbocycles. The summed E-state index contributed by atoms with van der Waals surface area (Å²) in [5.74, 6) is 2.83. The van der Waals surface area contributed by atoms with E-state index in [4.69, 9.17) is 14.2 Å². The van der Waals surface area contributed by atoms with E-state index in [-0.39, 0.29) is 6.79 Å². The Labute approximate surface area is 111 Å². The van der Waals surface area contributed by atoms with Crippen molar-refractivity contribution in [2.75, 3.05) is 6.79 Å². The van der Waals surface area contributed by atoms with E-state index in [2.05, 4.69) is 0 Å². The average Bonchev–Trinajstić information content (AvgIpc) is 2.87. The van der Waals surface area contributed by atoms with Gasteiger partial charge in [0.25, 0.3) is 0 Å². The van der Waals surface area contributed by atoms with Crippen LogP contribution >= 0.6 is 0 Å². The lowest BCUT2D eigenvalue weighted by atomic mass is 10.1. The van der Waals surface area contributed by atoms with Gasteiger partial charge in [-0.1, -0.05) is 12.1 Å². The van der Waals surface area contributed by atoms with Gasteiger partial charge in [0, 0.05) is 6.07 Å². The molecule has 98 valence electrons. The molecule has 1 heterocycles. The number of aliphatic hydroxyl groups is 1. The minimum absolute atomic E-state index is 0.252. The molecule has 1 aliphatic heterocycles. The van der Waals surface area contributed by atoms with Crippen molar-refractivity contribution in [3.8, 4) is 23.0 Å². The van der Waals surface area contributed by atoms with Crippen molar-refractivity contribution in [3.05, 3.63) is 48.0 Å². The molecule has 1 atom stereocenters. The molecule has 1 aliphatic rings. The van der Waals surface area contributed by atoms with E-state index in [1.807, 2.05) is 36.4 Å². The van der Waals surface area contributed by atoms with Crippen LogP contribution < -0.4 is 14.2 Å². The fraction of sp³-hybridized carbons (Fsp3) is 0.200. The summed E-state index contributed by atoms with van der Waals surface area (Å²) in [6.45, 7) is 1.98. The van der Waals surface area contributed by atoms with Crippen molar-refractivity contribution in [1.82, 2.24) is 0 Å². The Morgan fingerprint density at radius 1 is 1.00 bits per heavy atom. The predicted molar refractivity (Wildman–Crippen MR) is 69.7 cm³/mol. The van der Waals surface area contributed by atoms with Gasteiger partial charge in [-0.3, -0.25) is 0 Å². The zero-order valence-corrected chi connectivity index (χ0v) is 10.5. The molecule has 0 radical (unpaired) electrons. The van der Waals surface area contributed by atoms with E-state index in [0.29, 0.717) is 17.2 Å². The number of fused-ring (bicyclic) bond motifs is 1. The molecular weight excluding hydrogens is 244 g/mol. The molecule has 4 nitrogen and oxygen atoms in total. The zero-order valence-electron chi connectivity index (χ0n) is 10.5. The van der Waals surface area contributed by atoms with E-state index < -0.39 is 6.10 Å². The highest BCUT2D eigenvalue weighted by molar-refractivity contribution is 5.48. The number of benzene rings is 2. The number of rotatable bonds is 3. The lowest BCUT2D eigenvalue weighted by molar-refractivity contribution is 0.174. The Bertz CT molecular complexity index is 575. The minimum atomic E-state index is -0.473. The Hall–Kier alpha value is -2.20. The predicted octanol–water partition coefficient (Wildman–Crippen LogP) is 3.26. The highest BCUT2D eigenvalue weighted by Crippen LogP contribution is 2.36. The van der Waals surface area contributed by atoms with Crippen molar-refractivity contribution >= 4 is 0 Å². The first-order valence-electron chi connectivity index (χ1n) is 6.08. The molecule has 0 aromatic heterocycles. The molecule has 0 bridgehead atoms. The van der Waals surface area contributed by atoms with Gasteiger partial charge < -0.3 is 19.3 Å². The summed E-state index contributed by atoms with van der Waals surface area (Å²) in [5.41, 5.74) is 0.859. The third kappa shape index (κ3) is 2.48. The van der Waals surface area contributed by atoms with Crippen LogP contribution in [0.15, 0.2) is 42.5 Å². The number of ether oxygens (including phenoxy) is 3. The van der Waals surface area contributed by atoms with Gasteiger partial charge in [-0.05, 0) is 36.8 Å². The van der Waals surface area contributed by atoms with Crippen molar-refractivity contribution in [1.29, 1.82) is 0 Å². The Kier molecular flexibility index (Phi) is 3.01. The van der Waals surface area contributed by atoms with Gasteiger partial charge in [-0.25, -0.2) is 0 Å². The molecule has 0 unspecified atom stereocenters. The van der Waals surface area contributed by atoms with Gasteiger partial charge in [0.1, 0.15) is 11.5 Å². The van der Waals surface area contributed by atoms with Gasteiger partial charge >= 0.3 is 0 Å². The first-order chi connectivity index (χ1) is 9.22. The smallest absolute Gasteiger partial charge is 0.231 e. The molecule has 1 N–H and O–H groups in total. The van der Waals surface area contributed by atoms with E-state index in [1.165, 1.54) is 0 Å². The topological polar surface area (TPSA) is 47.9 Å². The fourth-order valence-electron chi connectivity index (χ4n) is 1.89. The Morgan fingerprint density at radius 3 is 2.42 bits per heavy atom. The molecule has 0 spiro atoms. The molecule has 0 saturated carbocycles. The molecular formula is C15H14O4. The standard InChI is InChI=1S/C15H14O4/c1-10(16)11-2-4-12(5-3-11)19-13-6-7-14-15(8-13)18-9-17-14/h2-8,10,16H,9H2,1H3/t10-/m0/s1. The summed E-state index contributed by atoms with van der Waals surface area (Å²) in [6.07, 6.45) is -0.473. The molecule has 19 heavy (non-hydrogen) atoms. The highest BCUT2D eigenvalue weighted by Gasteiger charge is 2.14. The van der Waals surface area contributed by atoms with Crippen LogP contribution in [-0.4, -0.2) is 11.9 Å². The van der Waals surface area contributed by atoms with Crippen molar-refractivity contribution in [2.45, 2.75) is 13.0 Å². The van der Waals surface area contributed by atoms with E-state index in [9.17, 15) is 5.11 Å². The van der Waals surface area contributed by atoms with Crippen LogP contribution in [0.25, 0.3) is 0 Å². The van der Waals surface area contributed by atoms with Crippen LogP contribution in [0.4, 0.5) is 0 Å². The third-order valence-corrected chi connectivity index (χ3v) is 2.94. The van der Waals surface area contributed by atoms with Crippen LogP contribution in [-0.2, 0) is 0 Å². The van der Waals surface area contributed by atoms with Gasteiger partial charge in [0.15, 0.2) is 11.5 Å². The molecule has 0 fully saturated rings. The molecule has 0 aliphatic carbocycles. The normalized spacial score (nSPS) is 14.2. The van der Waals surface area contributed by atoms with Crippen LogP contribution in [0.2, 0.25) is 0 Å². The zero-order chi connectivity index (χ0) is 13.2. The van der Waals surface area contributed by atoms with Crippen LogP contribution in [0, 0.1) is 0 Å². The maximum Gasteiger partial charge on any atom is 0.231 e. The fourth-order valence-corrected chi connectivity index (χ4v) is 1.89. The first kappa shape index (κ1) is 11.9. The SMILES string of the molecule is C[C@H](O)c1ccc(Oc2ccc3c(c2)OCO3)cc1. The van der Waals surface area contributed by atoms with Gasteiger partial charge in [0.05, 0.1) is 6.10 Å². The lowest BCUT2D eigenvalue weighted by Gasteiger charge is -2.08. The van der Waals surface area contributed by atoms with Crippen molar-refractivity contribution < 1.29 is 19.3 Å². The minimum Gasteiger partial charge on any atom is -0.457 e. The molecule has 0 amide bonds. The molecule has 4 heteroatoms. The molecule has 3 rings (SSSR count). The van der Waals surface area contributed by atoms with Crippen LogP contribution in [0.3, 0.4) is 0 Å². The second-order valence-corrected chi connectivity index (χ2v) is 4.36. The first-order valence-corrected chi connectivity index (χ1v) is 6.08. The number of aliphatic hydroxyl groups excluding tert-OH is 1. The van der Waals surface area contributed by atoms with Gasteiger partial charge in [0.2, 0.25) is 6.79 Å². The summed E-state index contributed by atoms with van der Waals surface area (Å²) in [4.78, 5) is 0. The second-order valence-electron chi connectivity index (χ2n) is 4.36. The molecule has 0 saturated heterocycles. The highest BCUT2D eigenvalue weighted by atomic mass is 16.7. The monoisotopic (exact) mass is 258 g/mol. The van der Waals surface area contributed by atoms with Crippen molar-refractivity contribution in [3.63, 3.8) is 0 Å². The van der Waals surface area contributed by atoms with E-state index in [1.54, 1.807) is 13.0 Å². The molecule has 2 aromatic rings. The number of hydrogen-bond acceptors (Lipinski definition) is 4. The van der Waals surface area contributed by atoms with E-state index >= 15 is 0 Å². The lowest BCUT2D eigenvalue weighted by Crippen LogP contribution is -1.92. The summed E-state index contributed by atoms with van der Waals surface area (Å²) < 4.78 is 16.3. The maximum atomic E-state index is 9.44. The Balaban J connectivity index is 1.77. The van der Waals surface area contributed by atoms with Crippen LogP contribution in [0.1, 0.15) is 18.6 Å². The van der Waals surface area contributed by atoms with Crippen molar-refractivity contribution in [2.24, 2.45) is 0 Å². The quantitative estimate of drug-likeness (QED) is 0.918. The van der Waals surface area contributed by atoms with Gasteiger partial charge in [-0.15, -0.1) is 0 Å². The average molecular weight is 258 g/mol. The summed E-state index contributed by atoms with van der Waals surface area (Å²) >= 11 is 0. The summed E-state index contributed by atoms with van der Waals surface area (Å²) in [7, 11) is 0. The Morgan fingerprint density at radius 2 is 1.68 bits per heavy atom. The third-order valence-electron chi connectivity index (χ3n) is 2.94.